The molecule has 0 bridgehead atoms. The Morgan fingerprint density at radius 3 is 1.23 bits per heavy atom. The third kappa shape index (κ3) is 11.8. The van der Waals surface area contributed by atoms with E-state index in [2.05, 4.69) is 31.2 Å². The second-order valence-electron chi connectivity index (χ2n) is 16.9. The molecule has 3 aromatic carbocycles. The average Bonchev–Trinajstić information content (AvgIpc) is 3.14. The molecule has 0 radical (unpaired) electrons. The number of carbonyl (C=O) groups excluding carboxylic acids is 4. The molecule has 14 nitrogen and oxygen atoms in total. The van der Waals surface area contributed by atoms with Crippen LogP contribution < -0.4 is 30.7 Å². The first-order chi connectivity index (χ1) is 28.5. The van der Waals surface area contributed by atoms with Gasteiger partial charge in [-0.15, -0.1) is 0 Å². The van der Waals surface area contributed by atoms with E-state index in [1.165, 1.54) is 54.6 Å². The van der Waals surface area contributed by atoms with Crippen molar-refractivity contribution in [3.8, 4) is 11.5 Å². The summed E-state index contributed by atoms with van der Waals surface area (Å²) >= 11 is 0. The SMILES string of the molecule is CC(C)COc1cc(C(=O)Nc2cccc(NC(=O)OC(C)(C)C)c2F)nc2c(F)c3nc(C(=O)Nc4cccc(NC(=O)OC(C)(C)C)c4F)cc(OCC(C)C)c3cc12. The predicted octanol–water partition coefficient (Wildman–Crippen LogP) is 10.5. The summed E-state index contributed by atoms with van der Waals surface area (Å²) in [6.45, 7) is 17.7. The first-order valence-electron chi connectivity index (χ1n) is 19.4. The number of nitrogens with zero attached hydrogens (tertiary/aromatic N) is 2. The zero-order valence-corrected chi connectivity index (χ0v) is 35.6. The monoisotopic (exact) mass is 846 g/mol. The molecule has 0 spiro atoms. The highest BCUT2D eigenvalue weighted by Crippen LogP contribution is 2.37. The zero-order chi connectivity index (χ0) is 45.0. The lowest BCUT2D eigenvalue weighted by Crippen LogP contribution is -2.27. The molecular weight excluding hydrogens is 798 g/mol. The molecule has 0 aliphatic heterocycles. The van der Waals surface area contributed by atoms with Crippen molar-refractivity contribution in [2.24, 2.45) is 11.8 Å². The lowest BCUT2D eigenvalue weighted by molar-refractivity contribution is 0.0624. The number of fused-ring (bicyclic) bond motifs is 2. The Hall–Kier alpha value is -6.65. The van der Waals surface area contributed by atoms with Gasteiger partial charge in [-0.05, 0) is 83.7 Å². The minimum atomic E-state index is -1.05. The Bertz CT molecular complexity index is 2330. The molecule has 5 aromatic rings. The normalized spacial score (nSPS) is 11.7. The van der Waals surface area contributed by atoms with Crippen LogP contribution in [0.3, 0.4) is 0 Å². The first-order valence-corrected chi connectivity index (χ1v) is 19.4. The number of halogens is 3. The van der Waals surface area contributed by atoms with Gasteiger partial charge in [0.15, 0.2) is 17.5 Å². The molecule has 0 aliphatic carbocycles. The molecule has 324 valence electrons. The number of benzene rings is 3. The summed E-state index contributed by atoms with van der Waals surface area (Å²) in [6, 6.07) is 12.0. The molecule has 17 heteroatoms. The molecule has 4 N–H and O–H groups in total. The summed E-state index contributed by atoms with van der Waals surface area (Å²) in [5.74, 6) is -4.76. The Kier molecular flexibility index (Phi) is 13.6. The molecule has 0 atom stereocenters. The number of nitrogens with one attached hydrogen (secondary N) is 4. The van der Waals surface area contributed by atoms with Gasteiger partial charge in [0, 0.05) is 22.9 Å². The van der Waals surface area contributed by atoms with Crippen LogP contribution in [0.1, 0.15) is 90.2 Å². The van der Waals surface area contributed by atoms with E-state index in [-0.39, 0.29) is 92.5 Å². The van der Waals surface area contributed by atoms with Crippen molar-refractivity contribution >= 4 is 68.6 Å². The van der Waals surface area contributed by atoms with Gasteiger partial charge in [0.2, 0.25) is 0 Å². The number of rotatable bonds is 12. The van der Waals surface area contributed by atoms with Crippen molar-refractivity contribution in [2.45, 2.75) is 80.4 Å². The largest absolute Gasteiger partial charge is 0.493 e. The topological polar surface area (TPSA) is 179 Å². The van der Waals surface area contributed by atoms with Gasteiger partial charge < -0.3 is 29.6 Å². The summed E-state index contributed by atoms with van der Waals surface area (Å²) < 4.78 is 70.6. The van der Waals surface area contributed by atoms with Gasteiger partial charge in [-0.1, -0.05) is 39.8 Å². The minimum Gasteiger partial charge on any atom is -0.493 e. The summed E-state index contributed by atoms with van der Waals surface area (Å²) in [5.41, 5.74) is -4.37. The van der Waals surface area contributed by atoms with Crippen molar-refractivity contribution in [3.63, 3.8) is 0 Å². The van der Waals surface area contributed by atoms with Crippen LogP contribution in [0.15, 0.2) is 54.6 Å². The van der Waals surface area contributed by atoms with E-state index >= 15 is 13.2 Å². The van der Waals surface area contributed by atoms with Gasteiger partial charge in [-0.2, -0.15) is 0 Å². The number of hydrogen-bond donors (Lipinski definition) is 4. The number of hydrogen-bond acceptors (Lipinski definition) is 10. The smallest absolute Gasteiger partial charge is 0.412 e. The Balaban J connectivity index is 1.57. The van der Waals surface area contributed by atoms with Gasteiger partial charge in [0.25, 0.3) is 11.8 Å². The van der Waals surface area contributed by atoms with Crippen molar-refractivity contribution < 1.29 is 51.3 Å². The molecule has 2 aromatic heterocycles. The fourth-order valence-electron chi connectivity index (χ4n) is 5.57. The van der Waals surface area contributed by atoms with E-state index in [4.69, 9.17) is 18.9 Å². The summed E-state index contributed by atoms with van der Waals surface area (Å²) in [6.07, 6.45) is -1.83. The third-order valence-corrected chi connectivity index (χ3v) is 8.12. The number of anilines is 4. The average molecular weight is 847 g/mol. The Morgan fingerprint density at radius 2 is 0.902 bits per heavy atom. The molecule has 4 amide bonds. The maximum absolute atomic E-state index is 17.0. The predicted molar refractivity (Wildman–Crippen MR) is 226 cm³/mol. The third-order valence-electron chi connectivity index (χ3n) is 8.12. The standard InChI is InChI=1S/C44H49F3N6O8/c1-22(2)20-58-32-18-30(39(54)50-26-13-11-15-28(34(26)45)52-41(56)60-43(5,6)7)48-37-24(32)17-25-33(59-21-23(3)4)19-31(49-38(25)36(37)47)40(55)51-27-14-12-16-29(35(27)46)53-42(57)61-44(8,9)10/h11-19,22-23H,20-21H2,1-10H3,(H,50,54)(H,51,55)(H,52,56)(H,53,57). The fourth-order valence-corrected chi connectivity index (χ4v) is 5.57. The molecule has 0 saturated carbocycles. The molecule has 5 rings (SSSR count). The van der Waals surface area contributed by atoms with Crippen LogP contribution in [-0.2, 0) is 9.47 Å². The molecule has 2 heterocycles. The van der Waals surface area contributed by atoms with E-state index in [9.17, 15) is 19.2 Å². The van der Waals surface area contributed by atoms with Gasteiger partial charge in [-0.3, -0.25) is 20.2 Å². The van der Waals surface area contributed by atoms with Crippen molar-refractivity contribution in [3.05, 3.63) is 83.4 Å². The molecule has 0 unspecified atom stereocenters. The lowest BCUT2D eigenvalue weighted by atomic mass is 10.1. The van der Waals surface area contributed by atoms with Crippen LogP contribution >= 0.6 is 0 Å². The van der Waals surface area contributed by atoms with Gasteiger partial charge in [-0.25, -0.2) is 32.7 Å². The molecule has 0 aliphatic rings. The van der Waals surface area contributed by atoms with E-state index in [1.54, 1.807) is 41.5 Å². The van der Waals surface area contributed by atoms with Crippen LogP contribution in [-0.4, -0.2) is 58.4 Å². The minimum absolute atomic E-state index is 0.00593. The second-order valence-corrected chi connectivity index (χ2v) is 16.9. The molecular formula is C44H49F3N6O8. The summed E-state index contributed by atoms with van der Waals surface area (Å²) in [5, 5.41) is 9.74. The van der Waals surface area contributed by atoms with Crippen molar-refractivity contribution in [2.75, 3.05) is 34.5 Å². The quantitative estimate of drug-likeness (QED) is 0.0883. The summed E-state index contributed by atoms with van der Waals surface area (Å²) in [7, 11) is 0. The van der Waals surface area contributed by atoms with Gasteiger partial charge >= 0.3 is 12.2 Å². The van der Waals surface area contributed by atoms with Gasteiger partial charge in [0.05, 0.1) is 36.0 Å². The highest BCUT2D eigenvalue weighted by atomic mass is 19.1. The van der Waals surface area contributed by atoms with E-state index in [0.29, 0.717) is 0 Å². The first kappa shape index (κ1) is 45.4. The van der Waals surface area contributed by atoms with Gasteiger partial charge in [0.1, 0.15) is 45.1 Å². The number of aromatic nitrogens is 2. The highest BCUT2D eigenvalue weighted by Gasteiger charge is 2.25. The molecule has 0 fully saturated rings. The lowest BCUT2D eigenvalue weighted by Gasteiger charge is -2.20. The van der Waals surface area contributed by atoms with E-state index < -0.39 is 52.7 Å². The number of pyridine rings is 2. The van der Waals surface area contributed by atoms with Crippen molar-refractivity contribution in [1.29, 1.82) is 0 Å². The fraction of sp³-hybridized carbons (Fsp3) is 0.364. The maximum Gasteiger partial charge on any atom is 0.412 e. The number of ether oxygens (including phenoxy) is 4. The maximum atomic E-state index is 17.0. The number of carbonyl (C=O) groups is 4. The van der Waals surface area contributed by atoms with Crippen LogP contribution in [0.25, 0.3) is 21.8 Å². The Labute approximate surface area is 350 Å². The van der Waals surface area contributed by atoms with Crippen LogP contribution in [0.4, 0.5) is 45.5 Å². The molecule has 0 saturated heterocycles. The van der Waals surface area contributed by atoms with Crippen molar-refractivity contribution in [1.82, 2.24) is 9.97 Å². The van der Waals surface area contributed by atoms with E-state index in [0.717, 1.165) is 0 Å². The van der Waals surface area contributed by atoms with Crippen LogP contribution in [0.5, 0.6) is 11.5 Å². The summed E-state index contributed by atoms with van der Waals surface area (Å²) in [4.78, 5) is 60.7. The Morgan fingerprint density at radius 1 is 0.557 bits per heavy atom. The van der Waals surface area contributed by atoms with Crippen LogP contribution in [0.2, 0.25) is 0 Å². The second kappa shape index (κ2) is 18.3. The van der Waals surface area contributed by atoms with Crippen LogP contribution in [0, 0.1) is 29.3 Å². The van der Waals surface area contributed by atoms with E-state index in [1.807, 2.05) is 27.7 Å². The zero-order valence-electron chi connectivity index (χ0n) is 35.6. The molecule has 61 heavy (non-hydrogen) atoms. The highest BCUT2D eigenvalue weighted by molar-refractivity contribution is 6.09. The number of amides is 4.